The van der Waals surface area contributed by atoms with Crippen LogP contribution in [-0.2, 0) is 25.0 Å². The van der Waals surface area contributed by atoms with Gasteiger partial charge in [-0.1, -0.05) is 60.7 Å². The number of aromatic hydroxyl groups is 1. The van der Waals surface area contributed by atoms with Gasteiger partial charge in [0.2, 0.25) is 0 Å². The fourth-order valence-corrected chi connectivity index (χ4v) is 6.49. The number of phenols is 1. The van der Waals surface area contributed by atoms with Gasteiger partial charge in [-0.15, -0.1) is 5.11 Å². The number of azo groups is 2. The van der Waals surface area contributed by atoms with Crippen LogP contribution in [0, 0.1) is 0 Å². The first kappa shape index (κ1) is 32.3. The zero-order valence-electron chi connectivity index (χ0n) is 24.8. The van der Waals surface area contributed by atoms with E-state index in [0.717, 1.165) is 17.5 Å². The maximum absolute atomic E-state index is 13.0. The molecule has 3 N–H and O–H groups in total. The van der Waals surface area contributed by atoms with Gasteiger partial charge in [0.15, 0.2) is 6.04 Å². The second-order valence-electron chi connectivity index (χ2n) is 10.5. The van der Waals surface area contributed by atoms with Gasteiger partial charge in [-0.2, -0.15) is 42.3 Å². The van der Waals surface area contributed by atoms with Crippen molar-refractivity contribution in [3.63, 3.8) is 0 Å². The summed E-state index contributed by atoms with van der Waals surface area (Å²) in [5, 5.41) is 33.3. The van der Waals surface area contributed by atoms with Gasteiger partial charge in [0, 0.05) is 16.5 Å². The van der Waals surface area contributed by atoms with E-state index in [4.69, 9.17) is 0 Å². The number of amides is 1. The first-order valence-corrected chi connectivity index (χ1v) is 16.9. The number of carbonyl (C=O) groups is 1. The summed E-state index contributed by atoms with van der Waals surface area (Å²) in [6, 6.07) is 24.6. The van der Waals surface area contributed by atoms with E-state index in [2.05, 4.69) is 25.6 Å². The Hall–Kier alpha value is -5.68. The smallest absolute Gasteiger partial charge is 0.295 e. The van der Waals surface area contributed by atoms with Crippen molar-refractivity contribution in [1.82, 2.24) is 0 Å². The number of fused-ring (bicyclic) bond motifs is 1. The molecule has 1 aliphatic rings. The normalized spacial score (nSPS) is 15.6. The largest absolute Gasteiger partial charge is 0.506 e. The molecule has 0 aliphatic carbocycles. The van der Waals surface area contributed by atoms with Crippen molar-refractivity contribution in [1.29, 1.82) is 0 Å². The average Bonchev–Trinajstić information content (AvgIpc) is 3.35. The third-order valence-corrected chi connectivity index (χ3v) is 9.09. The van der Waals surface area contributed by atoms with Gasteiger partial charge in [0.25, 0.3) is 26.1 Å². The molecule has 1 atom stereocenters. The zero-order chi connectivity index (χ0) is 34.2. The van der Waals surface area contributed by atoms with E-state index >= 15 is 0 Å². The lowest BCUT2D eigenvalue weighted by molar-refractivity contribution is -0.117. The van der Waals surface area contributed by atoms with Crippen LogP contribution in [0.25, 0.3) is 21.9 Å². The highest BCUT2D eigenvalue weighted by Gasteiger charge is 2.34. The van der Waals surface area contributed by atoms with Crippen LogP contribution in [0.1, 0.15) is 6.92 Å². The molecule has 6 rings (SSSR count). The number of anilines is 1. The van der Waals surface area contributed by atoms with Crippen LogP contribution in [0.3, 0.4) is 0 Å². The van der Waals surface area contributed by atoms with Crippen LogP contribution < -0.4 is 5.01 Å². The Bertz CT molecular complexity index is 2410. The predicted molar refractivity (Wildman–Crippen MR) is 177 cm³/mol. The number of hydrazone groups is 1. The van der Waals surface area contributed by atoms with E-state index in [9.17, 15) is 35.8 Å². The lowest BCUT2D eigenvalue weighted by atomic mass is 10.0. The molecule has 5 aromatic rings. The van der Waals surface area contributed by atoms with E-state index in [-0.39, 0.29) is 33.9 Å². The number of benzene rings is 5. The Morgan fingerprint density at radius 3 is 1.92 bits per heavy atom. The molecule has 1 amide bonds. The molecule has 0 saturated heterocycles. The Labute approximate surface area is 273 Å². The Kier molecular flexibility index (Phi) is 8.40. The molecule has 0 saturated carbocycles. The number of hydrogen-bond acceptors (Lipinski definition) is 11. The van der Waals surface area contributed by atoms with Crippen LogP contribution >= 0.6 is 0 Å². The van der Waals surface area contributed by atoms with Crippen LogP contribution in [0.15, 0.2) is 138 Å². The van der Waals surface area contributed by atoms with E-state index < -0.39 is 42.0 Å². The van der Waals surface area contributed by atoms with Crippen LogP contribution in [0.5, 0.6) is 5.75 Å². The minimum atomic E-state index is -5.00. The molecule has 1 heterocycles. The van der Waals surface area contributed by atoms with Crippen molar-refractivity contribution >= 4 is 65.4 Å². The number of para-hydroxylation sites is 1. The highest BCUT2D eigenvalue weighted by atomic mass is 32.2. The molecule has 1 aliphatic heterocycles. The Balaban J connectivity index is 1.35. The van der Waals surface area contributed by atoms with Gasteiger partial charge in [-0.25, -0.2) is 0 Å². The fourth-order valence-electron chi connectivity index (χ4n) is 5.04. The molecular formula is C32H24N6O8S2. The maximum atomic E-state index is 13.0. The summed E-state index contributed by atoms with van der Waals surface area (Å²) < 4.78 is 70.2. The topological polar surface area (TPSA) is 211 Å². The molecule has 242 valence electrons. The SMILES string of the molecule is CC1=NN(c2ccccc2)C(=O)[C@@H]1N=Nc1ccc(-c2ccc(N=Nc3c(O)ccc4ccccc34)cc2S(=O)(=O)O)c(S(=O)(=O)O)c1. The van der Waals surface area contributed by atoms with Crippen molar-refractivity contribution in [2.75, 3.05) is 5.01 Å². The first-order chi connectivity index (χ1) is 22.8. The lowest BCUT2D eigenvalue weighted by Crippen LogP contribution is -2.29. The molecule has 14 nitrogen and oxygen atoms in total. The summed E-state index contributed by atoms with van der Waals surface area (Å²) in [5.74, 6) is -0.660. The van der Waals surface area contributed by atoms with Gasteiger partial charge in [0.05, 0.1) is 22.8 Å². The number of rotatable bonds is 8. The molecule has 0 spiro atoms. The Morgan fingerprint density at radius 2 is 1.29 bits per heavy atom. The molecule has 0 fully saturated rings. The summed E-state index contributed by atoms with van der Waals surface area (Å²) in [4.78, 5) is 11.5. The average molecular weight is 685 g/mol. The van der Waals surface area contributed by atoms with Gasteiger partial charge in [-0.3, -0.25) is 13.9 Å². The first-order valence-electron chi connectivity index (χ1n) is 14.0. The van der Waals surface area contributed by atoms with Gasteiger partial charge in [0.1, 0.15) is 21.2 Å². The molecule has 48 heavy (non-hydrogen) atoms. The van der Waals surface area contributed by atoms with Crippen molar-refractivity contribution in [3.05, 3.63) is 103 Å². The minimum absolute atomic E-state index is 0.0552. The van der Waals surface area contributed by atoms with E-state index in [1.54, 1.807) is 61.5 Å². The molecule has 0 unspecified atom stereocenters. The summed E-state index contributed by atoms with van der Waals surface area (Å²) in [6.45, 7) is 1.59. The Morgan fingerprint density at radius 1 is 0.708 bits per heavy atom. The second kappa shape index (κ2) is 12.5. The molecule has 0 aromatic heterocycles. The highest BCUT2D eigenvalue weighted by Crippen LogP contribution is 2.39. The summed E-state index contributed by atoms with van der Waals surface area (Å²) in [7, 11) is -9.99. The predicted octanol–water partition coefficient (Wildman–Crippen LogP) is 7.00. The van der Waals surface area contributed by atoms with E-state index in [1.165, 1.54) is 35.3 Å². The van der Waals surface area contributed by atoms with Crippen LogP contribution in [-0.4, -0.2) is 48.7 Å². The van der Waals surface area contributed by atoms with Crippen LogP contribution in [0.4, 0.5) is 22.7 Å². The van der Waals surface area contributed by atoms with Crippen molar-refractivity contribution in [3.8, 4) is 16.9 Å². The summed E-state index contributed by atoms with van der Waals surface area (Å²) in [6.07, 6.45) is 0. The molecular weight excluding hydrogens is 661 g/mol. The highest BCUT2D eigenvalue weighted by molar-refractivity contribution is 7.86. The maximum Gasteiger partial charge on any atom is 0.295 e. The van der Waals surface area contributed by atoms with E-state index in [1.807, 2.05) is 6.07 Å². The lowest BCUT2D eigenvalue weighted by Gasteiger charge is -2.13. The number of hydrogen-bond donors (Lipinski definition) is 3. The zero-order valence-corrected chi connectivity index (χ0v) is 26.4. The van der Waals surface area contributed by atoms with Gasteiger partial charge < -0.3 is 5.11 Å². The fraction of sp³-hybridized carbons (Fsp3) is 0.0625. The number of carbonyl (C=O) groups excluding carboxylic acids is 1. The number of phenolic OH excluding ortho intramolecular Hbond substituents is 1. The molecule has 0 radical (unpaired) electrons. The second-order valence-corrected chi connectivity index (χ2v) is 13.3. The molecule has 0 bridgehead atoms. The summed E-state index contributed by atoms with van der Waals surface area (Å²) >= 11 is 0. The monoisotopic (exact) mass is 684 g/mol. The molecule has 16 heteroatoms. The number of nitrogens with zero attached hydrogens (tertiary/aromatic N) is 6. The molecule has 5 aromatic carbocycles. The van der Waals surface area contributed by atoms with Crippen molar-refractivity contribution in [2.45, 2.75) is 22.8 Å². The van der Waals surface area contributed by atoms with Gasteiger partial charge in [-0.05, 0) is 54.8 Å². The summed E-state index contributed by atoms with van der Waals surface area (Å²) in [5.41, 5.74) is 0.269. The van der Waals surface area contributed by atoms with Gasteiger partial charge >= 0.3 is 0 Å². The minimum Gasteiger partial charge on any atom is -0.506 e. The third-order valence-electron chi connectivity index (χ3n) is 7.31. The third kappa shape index (κ3) is 6.45. The quantitative estimate of drug-likeness (QED) is 0.114. The van der Waals surface area contributed by atoms with Crippen molar-refractivity contribution < 1.29 is 35.8 Å². The van der Waals surface area contributed by atoms with E-state index in [0.29, 0.717) is 16.8 Å². The van der Waals surface area contributed by atoms with Crippen LogP contribution in [0.2, 0.25) is 0 Å². The van der Waals surface area contributed by atoms with Crippen molar-refractivity contribution in [2.24, 2.45) is 25.6 Å². The standard InChI is InChI=1S/C32H24N6O8S2/c1-19-30(32(40)38(37-19)23-8-3-2-4-9-23)35-33-21-12-14-25(28(17-21)47(41,42)43)26-15-13-22(18-29(26)48(44,45)46)34-36-31-24-10-6-5-7-20(24)11-16-27(31)39/h2-18,30,39H,1H3,(H,41,42,43)(H,44,45,46)/t30-/m1/s1.